The first kappa shape index (κ1) is 9.52. The summed E-state index contributed by atoms with van der Waals surface area (Å²) in [5.41, 5.74) is 0. The van der Waals surface area contributed by atoms with E-state index in [2.05, 4.69) is 4.74 Å². The van der Waals surface area contributed by atoms with E-state index in [4.69, 9.17) is 11.6 Å². The zero-order valence-electron chi connectivity index (χ0n) is 6.88. The van der Waals surface area contributed by atoms with Gasteiger partial charge in [-0.15, -0.1) is 0 Å². The normalized spacial score (nSPS) is 28.5. The van der Waals surface area contributed by atoms with Crippen molar-refractivity contribution in [1.29, 1.82) is 0 Å². The molecule has 68 valence electrons. The Kier molecular flexibility index (Phi) is 3.09. The highest BCUT2D eigenvalue weighted by Gasteiger charge is 2.37. The molecule has 3 nitrogen and oxygen atoms in total. The van der Waals surface area contributed by atoms with Gasteiger partial charge in [-0.25, -0.2) is 0 Å². The predicted octanol–water partition coefficient (Wildman–Crippen LogP) is 1.34. The van der Waals surface area contributed by atoms with Crippen molar-refractivity contribution < 1.29 is 14.3 Å². The summed E-state index contributed by atoms with van der Waals surface area (Å²) < 4.78 is 4.56. The lowest BCUT2D eigenvalue weighted by molar-refractivity contribution is -0.148. The summed E-state index contributed by atoms with van der Waals surface area (Å²) in [6.07, 6.45) is 2.31. The SMILES string of the molecule is COC(=O)C1CCCC1C(=O)Cl. The number of halogens is 1. The topological polar surface area (TPSA) is 43.4 Å². The molecule has 0 aromatic heterocycles. The third-order valence-electron chi connectivity index (χ3n) is 2.31. The first-order valence-electron chi connectivity index (χ1n) is 3.94. The highest BCUT2D eigenvalue weighted by molar-refractivity contribution is 6.64. The van der Waals surface area contributed by atoms with Crippen LogP contribution < -0.4 is 0 Å². The maximum absolute atomic E-state index is 11.1. The molecule has 2 atom stereocenters. The van der Waals surface area contributed by atoms with E-state index in [0.29, 0.717) is 6.42 Å². The van der Waals surface area contributed by atoms with Crippen LogP contribution in [-0.4, -0.2) is 18.3 Å². The lowest BCUT2D eigenvalue weighted by Crippen LogP contribution is -2.23. The summed E-state index contributed by atoms with van der Waals surface area (Å²) in [6, 6.07) is 0. The van der Waals surface area contributed by atoms with Crippen molar-refractivity contribution in [3.05, 3.63) is 0 Å². The Morgan fingerprint density at radius 3 is 2.42 bits per heavy atom. The molecule has 0 bridgehead atoms. The highest BCUT2D eigenvalue weighted by atomic mass is 35.5. The predicted molar refractivity (Wildman–Crippen MR) is 43.7 cm³/mol. The van der Waals surface area contributed by atoms with Crippen LogP contribution in [0.4, 0.5) is 0 Å². The molecule has 0 amide bonds. The Morgan fingerprint density at radius 1 is 1.33 bits per heavy atom. The van der Waals surface area contributed by atoms with Crippen molar-refractivity contribution >= 4 is 22.8 Å². The van der Waals surface area contributed by atoms with Crippen LogP contribution in [0.1, 0.15) is 19.3 Å². The first-order chi connectivity index (χ1) is 5.66. The number of methoxy groups -OCH3 is 1. The molecule has 0 spiro atoms. The van der Waals surface area contributed by atoms with Crippen LogP contribution in [0.2, 0.25) is 0 Å². The first-order valence-corrected chi connectivity index (χ1v) is 4.31. The average molecular weight is 191 g/mol. The fourth-order valence-electron chi connectivity index (χ4n) is 1.67. The summed E-state index contributed by atoms with van der Waals surface area (Å²) >= 11 is 5.33. The molecule has 1 rings (SSSR count). The third-order valence-corrected chi connectivity index (χ3v) is 2.59. The molecule has 0 radical (unpaired) electrons. The van der Waals surface area contributed by atoms with Crippen molar-refractivity contribution in [1.82, 2.24) is 0 Å². The number of ether oxygens (including phenoxy) is 1. The summed E-state index contributed by atoms with van der Waals surface area (Å²) in [5, 5.41) is -0.414. The summed E-state index contributed by atoms with van der Waals surface area (Å²) in [5.74, 6) is -0.939. The van der Waals surface area contributed by atoms with E-state index in [0.717, 1.165) is 12.8 Å². The van der Waals surface area contributed by atoms with Gasteiger partial charge >= 0.3 is 5.97 Å². The molecule has 4 heteroatoms. The van der Waals surface area contributed by atoms with Gasteiger partial charge in [-0.3, -0.25) is 9.59 Å². The molecule has 2 unspecified atom stereocenters. The maximum atomic E-state index is 11.1. The minimum absolute atomic E-state index is 0.306. The van der Waals surface area contributed by atoms with Crippen LogP contribution in [0.3, 0.4) is 0 Å². The Hall–Kier alpha value is -0.570. The Labute approximate surface area is 76.0 Å². The van der Waals surface area contributed by atoms with E-state index in [1.165, 1.54) is 7.11 Å². The van der Waals surface area contributed by atoms with Crippen LogP contribution in [0.15, 0.2) is 0 Å². The molecule has 0 N–H and O–H groups in total. The zero-order chi connectivity index (χ0) is 9.14. The van der Waals surface area contributed by atoms with Gasteiger partial charge in [0.2, 0.25) is 5.24 Å². The van der Waals surface area contributed by atoms with Crippen molar-refractivity contribution in [2.24, 2.45) is 11.8 Å². The average Bonchev–Trinajstić information content (AvgIpc) is 2.50. The number of carbonyl (C=O) groups excluding carboxylic acids is 2. The second kappa shape index (κ2) is 3.90. The van der Waals surface area contributed by atoms with Crippen LogP contribution in [0, 0.1) is 11.8 Å². The molecule has 1 saturated carbocycles. The molecule has 1 aliphatic carbocycles. The number of esters is 1. The second-order valence-electron chi connectivity index (χ2n) is 2.97. The van der Waals surface area contributed by atoms with Gasteiger partial charge in [0.05, 0.1) is 13.0 Å². The molecular formula is C8H11ClO3. The van der Waals surface area contributed by atoms with Gasteiger partial charge < -0.3 is 4.74 Å². The number of carbonyl (C=O) groups is 2. The van der Waals surface area contributed by atoms with Crippen molar-refractivity contribution in [3.63, 3.8) is 0 Å². The molecular weight excluding hydrogens is 180 g/mol. The van der Waals surface area contributed by atoms with E-state index in [-0.39, 0.29) is 17.8 Å². The maximum Gasteiger partial charge on any atom is 0.309 e. The van der Waals surface area contributed by atoms with Crippen LogP contribution in [0.25, 0.3) is 0 Å². The largest absolute Gasteiger partial charge is 0.469 e. The van der Waals surface area contributed by atoms with E-state index in [1.54, 1.807) is 0 Å². The van der Waals surface area contributed by atoms with Crippen LogP contribution in [-0.2, 0) is 14.3 Å². The zero-order valence-corrected chi connectivity index (χ0v) is 7.63. The highest BCUT2D eigenvalue weighted by Crippen LogP contribution is 2.33. The fraction of sp³-hybridized carbons (Fsp3) is 0.750. The summed E-state index contributed by atoms with van der Waals surface area (Å²) in [6.45, 7) is 0. The van der Waals surface area contributed by atoms with Crippen molar-refractivity contribution in [2.45, 2.75) is 19.3 Å². The van der Waals surface area contributed by atoms with Gasteiger partial charge in [-0.1, -0.05) is 6.42 Å². The molecule has 0 aromatic rings. The van der Waals surface area contributed by atoms with E-state index in [1.807, 2.05) is 0 Å². The summed E-state index contributed by atoms with van der Waals surface area (Å²) in [4.78, 5) is 21.9. The Morgan fingerprint density at radius 2 is 1.92 bits per heavy atom. The molecule has 1 aliphatic rings. The van der Waals surface area contributed by atoms with Crippen LogP contribution in [0.5, 0.6) is 0 Å². The Balaban J connectivity index is 2.63. The number of hydrogen-bond acceptors (Lipinski definition) is 3. The van der Waals surface area contributed by atoms with E-state index in [9.17, 15) is 9.59 Å². The lowest BCUT2D eigenvalue weighted by Gasteiger charge is -2.12. The summed E-state index contributed by atoms with van der Waals surface area (Å²) in [7, 11) is 1.33. The van der Waals surface area contributed by atoms with Crippen molar-refractivity contribution in [2.75, 3.05) is 7.11 Å². The van der Waals surface area contributed by atoms with Gasteiger partial charge in [0.15, 0.2) is 0 Å². The fourth-order valence-corrected chi connectivity index (χ4v) is 1.93. The molecule has 1 fully saturated rings. The van der Waals surface area contributed by atoms with Gasteiger partial charge in [0.1, 0.15) is 0 Å². The molecule has 0 aromatic carbocycles. The van der Waals surface area contributed by atoms with Gasteiger partial charge in [0, 0.05) is 5.92 Å². The third kappa shape index (κ3) is 1.78. The monoisotopic (exact) mass is 190 g/mol. The minimum Gasteiger partial charge on any atom is -0.469 e. The number of rotatable bonds is 2. The second-order valence-corrected chi connectivity index (χ2v) is 3.34. The van der Waals surface area contributed by atoms with Crippen molar-refractivity contribution in [3.8, 4) is 0 Å². The molecule has 0 heterocycles. The number of hydrogen-bond donors (Lipinski definition) is 0. The van der Waals surface area contributed by atoms with E-state index < -0.39 is 5.24 Å². The van der Waals surface area contributed by atoms with Crippen LogP contribution >= 0.6 is 11.6 Å². The Bertz CT molecular complexity index is 202. The van der Waals surface area contributed by atoms with Gasteiger partial charge in [0.25, 0.3) is 0 Å². The standard InChI is InChI=1S/C8H11ClO3/c1-12-8(11)6-4-2-3-5(6)7(9)10/h5-6H,2-4H2,1H3. The quantitative estimate of drug-likeness (QED) is 0.488. The molecule has 0 aliphatic heterocycles. The van der Waals surface area contributed by atoms with Gasteiger partial charge in [-0.2, -0.15) is 0 Å². The lowest BCUT2D eigenvalue weighted by atomic mass is 9.98. The van der Waals surface area contributed by atoms with E-state index >= 15 is 0 Å². The molecule has 0 saturated heterocycles. The smallest absolute Gasteiger partial charge is 0.309 e. The van der Waals surface area contributed by atoms with Gasteiger partial charge in [-0.05, 0) is 24.4 Å². The minimum atomic E-state index is -0.414. The molecule has 12 heavy (non-hydrogen) atoms.